The average molecular weight is 245 g/mol. The molecule has 2 N–H and O–H groups in total. The highest BCUT2D eigenvalue weighted by molar-refractivity contribution is 7.90. The van der Waals surface area contributed by atoms with Crippen LogP contribution in [0.5, 0.6) is 0 Å². The number of Topliss-reactive ketones (excluding diaryl/α,β-unsaturated/α-hetero) is 1. The zero-order valence-electron chi connectivity index (χ0n) is 8.73. The third-order valence-corrected chi connectivity index (χ3v) is 2.97. The first-order chi connectivity index (χ1) is 7.29. The quantitative estimate of drug-likeness (QED) is 0.634. The average Bonchev–Trinajstić information content (AvgIpc) is 2.17. The molecular formula is C10H12FNO3S. The smallest absolute Gasteiger partial charge is 0.163 e. The summed E-state index contributed by atoms with van der Waals surface area (Å²) in [6.07, 6.45) is 0.895. The molecule has 1 aromatic carbocycles. The van der Waals surface area contributed by atoms with Gasteiger partial charge >= 0.3 is 0 Å². The van der Waals surface area contributed by atoms with E-state index in [0.29, 0.717) is 0 Å². The molecule has 16 heavy (non-hydrogen) atoms. The highest BCUT2D eigenvalue weighted by Crippen LogP contribution is 2.13. The molecule has 0 atom stereocenters. The van der Waals surface area contributed by atoms with Crippen LogP contribution in [-0.4, -0.2) is 26.2 Å². The fourth-order valence-corrected chi connectivity index (χ4v) is 1.68. The van der Waals surface area contributed by atoms with Gasteiger partial charge in [-0.25, -0.2) is 12.8 Å². The van der Waals surface area contributed by atoms with Crippen molar-refractivity contribution in [3.05, 3.63) is 29.6 Å². The van der Waals surface area contributed by atoms with Crippen LogP contribution < -0.4 is 5.73 Å². The molecule has 0 radical (unpaired) electrons. The Kier molecular flexibility index (Phi) is 3.64. The van der Waals surface area contributed by atoms with Crippen LogP contribution in [-0.2, 0) is 9.84 Å². The van der Waals surface area contributed by atoms with Crippen molar-refractivity contribution in [3.8, 4) is 0 Å². The van der Waals surface area contributed by atoms with Crippen LogP contribution in [0.3, 0.4) is 0 Å². The lowest BCUT2D eigenvalue weighted by molar-refractivity contribution is 0.0988. The molecule has 0 aliphatic rings. The maximum Gasteiger partial charge on any atom is 0.163 e. The van der Waals surface area contributed by atoms with Crippen LogP contribution in [0.1, 0.15) is 16.8 Å². The second-order valence-electron chi connectivity index (χ2n) is 3.54. The Balaban J connectivity index is 2.78. The molecule has 4 nitrogen and oxygen atoms in total. The fourth-order valence-electron chi connectivity index (χ4n) is 1.12. The molecule has 0 aliphatic heterocycles. The van der Waals surface area contributed by atoms with Gasteiger partial charge in [0.2, 0.25) is 0 Å². The largest absolute Gasteiger partial charge is 0.396 e. The summed E-state index contributed by atoms with van der Waals surface area (Å²) < 4.78 is 34.7. The summed E-state index contributed by atoms with van der Waals surface area (Å²) in [7, 11) is -3.18. The summed E-state index contributed by atoms with van der Waals surface area (Å²) in [6, 6.07) is 3.67. The van der Waals surface area contributed by atoms with Gasteiger partial charge in [-0.05, 0) is 18.2 Å². The Labute approximate surface area is 93.2 Å². The monoisotopic (exact) mass is 245 g/mol. The predicted octanol–water partition coefficient (Wildman–Crippen LogP) is 1.03. The molecule has 0 amide bonds. The number of ketones is 1. The van der Waals surface area contributed by atoms with E-state index in [1.165, 1.54) is 12.1 Å². The third kappa shape index (κ3) is 3.62. The molecule has 1 aromatic rings. The number of sulfone groups is 1. The molecule has 88 valence electrons. The van der Waals surface area contributed by atoms with Crippen molar-refractivity contribution < 1.29 is 17.6 Å². The van der Waals surface area contributed by atoms with Crippen LogP contribution in [0.15, 0.2) is 18.2 Å². The molecule has 1 rings (SSSR count). The topological polar surface area (TPSA) is 77.2 Å². The first-order valence-electron chi connectivity index (χ1n) is 4.55. The molecule has 6 heteroatoms. The number of anilines is 1. The van der Waals surface area contributed by atoms with Gasteiger partial charge in [-0.3, -0.25) is 4.79 Å². The second kappa shape index (κ2) is 4.61. The lowest BCUT2D eigenvalue weighted by atomic mass is 10.1. The van der Waals surface area contributed by atoms with Gasteiger partial charge in [-0.15, -0.1) is 0 Å². The van der Waals surface area contributed by atoms with E-state index in [2.05, 4.69) is 0 Å². The first kappa shape index (κ1) is 12.6. The highest BCUT2D eigenvalue weighted by atomic mass is 32.2. The number of hydrogen-bond donors (Lipinski definition) is 1. The van der Waals surface area contributed by atoms with Crippen molar-refractivity contribution in [2.24, 2.45) is 0 Å². The number of benzene rings is 1. The van der Waals surface area contributed by atoms with E-state index in [0.717, 1.165) is 12.3 Å². The summed E-state index contributed by atoms with van der Waals surface area (Å²) >= 11 is 0. The third-order valence-electron chi connectivity index (χ3n) is 2.02. The molecule has 0 aromatic heterocycles. The van der Waals surface area contributed by atoms with Gasteiger partial charge in [-0.2, -0.15) is 0 Å². The normalized spacial score (nSPS) is 11.4. The maximum atomic E-state index is 13.0. The Morgan fingerprint density at radius 2 is 2.06 bits per heavy atom. The van der Waals surface area contributed by atoms with E-state index in [1.54, 1.807) is 0 Å². The predicted molar refractivity (Wildman–Crippen MR) is 59.5 cm³/mol. The number of hydrogen-bond acceptors (Lipinski definition) is 4. The molecule has 0 bridgehead atoms. The lowest BCUT2D eigenvalue weighted by Crippen LogP contribution is -2.10. The Bertz CT molecular complexity index is 511. The minimum absolute atomic E-state index is 0.0420. The first-order valence-corrected chi connectivity index (χ1v) is 6.61. The molecule has 0 fully saturated rings. The number of halogens is 1. The van der Waals surface area contributed by atoms with Gasteiger partial charge in [-0.1, -0.05) is 0 Å². The SMILES string of the molecule is CS(=O)(=O)CCC(=O)c1ccc(N)c(F)c1. The standard InChI is InChI=1S/C10H12FNO3S/c1-16(14,15)5-4-10(13)7-2-3-9(12)8(11)6-7/h2-3,6H,4-5,12H2,1H3. The van der Waals surface area contributed by atoms with Gasteiger partial charge in [0.05, 0.1) is 11.4 Å². The van der Waals surface area contributed by atoms with Gasteiger partial charge in [0.25, 0.3) is 0 Å². The van der Waals surface area contributed by atoms with Gasteiger partial charge < -0.3 is 5.73 Å². The van der Waals surface area contributed by atoms with Crippen LogP contribution >= 0.6 is 0 Å². The van der Waals surface area contributed by atoms with E-state index in [1.807, 2.05) is 0 Å². The van der Waals surface area contributed by atoms with Crippen molar-refractivity contribution in [1.29, 1.82) is 0 Å². The Hall–Kier alpha value is -1.43. The van der Waals surface area contributed by atoms with Gasteiger partial charge in [0.1, 0.15) is 15.7 Å². The van der Waals surface area contributed by atoms with Crippen molar-refractivity contribution in [3.63, 3.8) is 0 Å². The van der Waals surface area contributed by atoms with Crippen molar-refractivity contribution >= 4 is 21.3 Å². The molecule has 0 saturated carbocycles. The number of carbonyl (C=O) groups is 1. The van der Waals surface area contributed by atoms with E-state index in [-0.39, 0.29) is 23.4 Å². The summed E-state index contributed by atoms with van der Waals surface area (Å²) in [5.74, 6) is -1.33. The second-order valence-corrected chi connectivity index (χ2v) is 5.80. The Morgan fingerprint density at radius 1 is 1.44 bits per heavy atom. The summed E-state index contributed by atoms with van der Waals surface area (Å²) in [5, 5.41) is 0. The minimum Gasteiger partial charge on any atom is -0.396 e. The molecule has 0 aliphatic carbocycles. The highest BCUT2D eigenvalue weighted by Gasteiger charge is 2.11. The minimum atomic E-state index is -3.18. The summed E-state index contributed by atoms with van der Waals surface area (Å²) in [4.78, 5) is 11.5. The van der Waals surface area contributed by atoms with Crippen molar-refractivity contribution in [2.75, 3.05) is 17.7 Å². The maximum absolute atomic E-state index is 13.0. The van der Waals surface area contributed by atoms with Crippen LogP contribution in [0.4, 0.5) is 10.1 Å². The number of rotatable bonds is 4. The molecule has 0 unspecified atom stereocenters. The number of nitrogen functional groups attached to an aromatic ring is 1. The molecule has 0 spiro atoms. The fraction of sp³-hybridized carbons (Fsp3) is 0.300. The Morgan fingerprint density at radius 3 is 2.56 bits per heavy atom. The molecule has 0 saturated heterocycles. The van der Waals surface area contributed by atoms with E-state index in [4.69, 9.17) is 5.73 Å². The number of nitrogens with two attached hydrogens (primary N) is 1. The van der Waals surface area contributed by atoms with Crippen molar-refractivity contribution in [1.82, 2.24) is 0 Å². The van der Waals surface area contributed by atoms with Crippen LogP contribution in [0, 0.1) is 5.82 Å². The van der Waals surface area contributed by atoms with Crippen LogP contribution in [0.25, 0.3) is 0 Å². The van der Waals surface area contributed by atoms with Gasteiger partial charge in [0.15, 0.2) is 5.78 Å². The van der Waals surface area contributed by atoms with Crippen LogP contribution in [0.2, 0.25) is 0 Å². The lowest BCUT2D eigenvalue weighted by Gasteiger charge is -2.02. The molecule has 0 heterocycles. The molecular weight excluding hydrogens is 233 g/mol. The summed E-state index contributed by atoms with van der Waals surface area (Å²) in [5.41, 5.74) is 5.34. The van der Waals surface area contributed by atoms with Gasteiger partial charge in [0, 0.05) is 18.2 Å². The summed E-state index contributed by atoms with van der Waals surface area (Å²) in [6.45, 7) is 0. The van der Waals surface area contributed by atoms with E-state index >= 15 is 0 Å². The number of carbonyl (C=O) groups excluding carboxylic acids is 1. The van der Waals surface area contributed by atoms with E-state index < -0.39 is 21.4 Å². The zero-order valence-corrected chi connectivity index (χ0v) is 9.55. The van der Waals surface area contributed by atoms with Crippen molar-refractivity contribution in [2.45, 2.75) is 6.42 Å². The zero-order chi connectivity index (χ0) is 12.3. The van der Waals surface area contributed by atoms with E-state index in [9.17, 15) is 17.6 Å².